The number of rotatable bonds is 2. The van der Waals surface area contributed by atoms with E-state index in [2.05, 4.69) is 36.2 Å². The monoisotopic (exact) mass is 207 g/mol. The fourth-order valence-corrected chi connectivity index (χ4v) is 2.17. The van der Waals surface area contributed by atoms with Crippen molar-refractivity contribution in [3.63, 3.8) is 0 Å². The molecule has 0 aliphatic carbocycles. The van der Waals surface area contributed by atoms with Gasteiger partial charge in [0.15, 0.2) is 0 Å². The third kappa shape index (κ3) is 2.51. The van der Waals surface area contributed by atoms with Gasteiger partial charge in [-0.25, -0.2) is 4.99 Å². The summed E-state index contributed by atoms with van der Waals surface area (Å²) in [6, 6.07) is 8.53. The largest absolute Gasteiger partial charge is 0.471 e. The summed E-state index contributed by atoms with van der Waals surface area (Å²) in [7, 11) is 0. The van der Waals surface area contributed by atoms with E-state index in [9.17, 15) is 0 Å². The van der Waals surface area contributed by atoms with Crippen LogP contribution in [0.5, 0.6) is 0 Å². The summed E-state index contributed by atoms with van der Waals surface area (Å²) in [5.41, 5.74) is 2.63. The molecule has 14 heavy (non-hydrogen) atoms. The molecule has 0 amide bonds. The number of hydrogen-bond donors (Lipinski definition) is 0. The highest BCUT2D eigenvalue weighted by Crippen LogP contribution is 2.17. The van der Waals surface area contributed by atoms with Crippen LogP contribution in [0.3, 0.4) is 0 Å². The lowest BCUT2D eigenvalue weighted by Gasteiger charge is -2.02. The summed E-state index contributed by atoms with van der Waals surface area (Å²) in [5.74, 6) is 0.945. The molecule has 74 valence electrons. The zero-order valence-electron chi connectivity index (χ0n) is 8.19. The predicted octanol–water partition coefficient (Wildman–Crippen LogP) is 2.61. The minimum atomic E-state index is 0.746. The van der Waals surface area contributed by atoms with Gasteiger partial charge in [-0.3, -0.25) is 0 Å². The van der Waals surface area contributed by atoms with Gasteiger partial charge in [-0.05, 0) is 12.5 Å². The van der Waals surface area contributed by atoms with Crippen LogP contribution in [0.2, 0.25) is 0 Å². The Morgan fingerprint density at radius 2 is 2.43 bits per heavy atom. The number of nitrogens with zero attached hydrogens (tertiary/aromatic N) is 1. The molecule has 2 rings (SSSR count). The highest BCUT2D eigenvalue weighted by molar-refractivity contribution is 8.12. The van der Waals surface area contributed by atoms with Crippen molar-refractivity contribution in [2.45, 2.75) is 12.7 Å². The number of thioether (sulfide) groups is 1. The molecule has 0 saturated heterocycles. The number of aryl methyl sites for hydroxylation is 1. The molecule has 0 N–H and O–H groups in total. The molecule has 1 aliphatic heterocycles. The fraction of sp³-hybridized carbons (Fsp3) is 0.364. The minimum absolute atomic E-state index is 0.746. The smallest absolute Gasteiger partial charge is 0.246 e. The quantitative estimate of drug-likeness (QED) is 0.743. The van der Waals surface area contributed by atoms with E-state index in [0.717, 1.165) is 24.1 Å². The first-order valence-electron chi connectivity index (χ1n) is 4.70. The van der Waals surface area contributed by atoms with Crippen LogP contribution in [-0.4, -0.2) is 18.4 Å². The van der Waals surface area contributed by atoms with Gasteiger partial charge in [0.2, 0.25) is 5.23 Å². The van der Waals surface area contributed by atoms with Crippen molar-refractivity contribution in [2.24, 2.45) is 4.99 Å². The normalized spacial score (nSPS) is 15.1. The maximum Gasteiger partial charge on any atom is 0.246 e. The van der Waals surface area contributed by atoms with Crippen LogP contribution in [0.4, 0.5) is 0 Å². The van der Waals surface area contributed by atoms with Crippen LogP contribution in [0.25, 0.3) is 0 Å². The maximum atomic E-state index is 5.32. The van der Waals surface area contributed by atoms with Crippen molar-refractivity contribution < 1.29 is 4.74 Å². The van der Waals surface area contributed by atoms with E-state index in [1.54, 1.807) is 11.8 Å². The highest BCUT2D eigenvalue weighted by atomic mass is 32.2. The summed E-state index contributed by atoms with van der Waals surface area (Å²) in [5, 5.41) is 0.839. The van der Waals surface area contributed by atoms with E-state index in [0.29, 0.717) is 0 Å². The Hall–Kier alpha value is -0.960. The van der Waals surface area contributed by atoms with Crippen molar-refractivity contribution in [2.75, 3.05) is 13.2 Å². The van der Waals surface area contributed by atoms with E-state index in [-0.39, 0.29) is 0 Å². The molecular weight excluding hydrogens is 194 g/mol. The van der Waals surface area contributed by atoms with Gasteiger partial charge >= 0.3 is 0 Å². The second kappa shape index (κ2) is 4.51. The molecule has 3 heteroatoms. The SMILES string of the molecule is Cc1cccc(CSC2=NCCO2)c1. The van der Waals surface area contributed by atoms with Crippen LogP contribution in [0.15, 0.2) is 29.3 Å². The van der Waals surface area contributed by atoms with Gasteiger partial charge in [0.05, 0.1) is 6.54 Å². The van der Waals surface area contributed by atoms with E-state index in [4.69, 9.17) is 4.74 Å². The average Bonchev–Trinajstić information content (AvgIpc) is 2.67. The molecule has 0 fully saturated rings. The Morgan fingerprint density at radius 1 is 1.50 bits per heavy atom. The van der Waals surface area contributed by atoms with Crippen molar-refractivity contribution in [3.8, 4) is 0 Å². The average molecular weight is 207 g/mol. The van der Waals surface area contributed by atoms with Gasteiger partial charge in [-0.2, -0.15) is 0 Å². The molecule has 1 aliphatic rings. The first-order valence-corrected chi connectivity index (χ1v) is 5.69. The number of ether oxygens (including phenoxy) is 1. The fourth-order valence-electron chi connectivity index (χ4n) is 1.35. The Balaban J connectivity index is 1.91. The predicted molar refractivity (Wildman–Crippen MR) is 60.7 cm³/mol. The van der Waals surface area contributed by atoms with E-state index < -0.39 is 0 Å². The lowest BCUT2D eigenvalue weighted by atomic mass is 10.2. The van der Waals surface area contributed by atoms with Gasteiger partial charge in [-0.1, -0.05) is 41.6 Å². The summed E-state index contributed by atoms with van der Waals surface area (Å²) >= 11 is 1.67. The lowest BCUT2D eigenvalue weighted by molar-refractivity contribution is 0.356. The third-order valence-corrected chi connectivity index (χ3v) is 2.97. The van der Waals surface area contributed by atoms with Gasteiger partial charge in [-0.15, -0.1) is 0 Å². The molecule has 0 atom stereocenters. The molecule has 1 heterocycles. The highest BCUT2D eigenvalue weighted by Gasteiger charge is 2.07. The number of aliphatic imine (C=N–C) groups is 1. The standard InChI is InChI=1S/C11H13NOS/c1-9-3-2-4-10(7-9)8-14-11-12-5-6-13-11/h2-4,7H,5-6,8H2,1H3. The molecule has 2 nitrogen and oxygen atoms in total. The van der Waals surface area contributed by atoms with Gasteiger partial charge in [0.1, 0.15) is 6.61 Å². The van der Waals surface area contributed by atoms with Gasteiger partial charge in [0.25, 0.3) is 0 Å². The zero-order valence-corrected chi connectivity index (χ0v) is 9.01. The minimum Gasteiger partial charge on any atom is -0.471 e. The van der Waals surface area contributed by atoms with Gasteiger partial charge < -0.3 is 4.74 Å². The van der Waals surface area contributed by atoms with Crippen LogP contribution in [0.1, 0.15) is 11.1 Å². The zero-order chi connectivity index (χ0) is 9.80. The summed E-state index contributed by atoms with van der Waals surface area (Å²) < 4.78 is 5.32. The van der Waals surface area contributed by atoms with Crippen molar-refractivity contribution in [1.29, 1.82) is 0 Å². The second-order valence-corrected chi connectivity index (χ2v) is 4.20. The second-order valence-electron chi connectivity index (χ2n) is 3.27. The summed E-state index contributed by atoms with van der Waals surface area (Å²) in [6.07, 6.45) is 0. The molecule has 0 spiro atoms. The molecule has 0 radical (unpaired) electrons. The Labute approximate surface area is 88.4 Å². The van der Waals surface area contributed by atoms with E-state index in [1.165, 1.54) is 11.1 Å². The topological polar surface area (TPSA) is 21.6 Å². The molecule has 0 bridgehead atoms. The van der Waals surface area contributed by atoms with E-state index >= 15 is 0 Å². The molecule has 0 unspecified atom stereocenters. The van der Waals surface area contributed by atoms with Crippen molar-refractivity contribution >= 4 is 17.0 Å². The van der Waals surface area contributed by atoms with Crippen LogP contribution < -0.4 is 0 Å². The van der Waals surface area contributed by atoms with Crippen LogP contribution >= 0.6 is 11.8 Å². The van der Waals surface area contributed by atoms with Crippen molar-refractivity contribution in [1.82, 2.24) is 0 Å². The molecular formula is C11H13NOS. The lowest BCUT2D eigenvalue weighted by Crippen LogP contribution is -1.93. The Bertz CT molecular complexity index is 349. The number of hydrogen-bond acceptors (Lipinski definition) is 3. The molecule has 0 saturated carbocycles. The van der Waals surface area contributed by atoms with E-state index in [1.807, 2.05) is 0 Å². The van der Waals surface area contributed by atoms with Crippen molar-refractivity contribution in [3.05, 3.63) is 35.4 Å². The van der Waals surface area contributed by atoms with Gasteiger partial charge in [0, 0.05) is 5.75 Å². The number of benzene rings is 1. The first-order chi connectivity index (χ1) is 6.84. The van der Waals surface area contributed by atoms with Crippen LogP contribution in [-0.2, 0) is 10.5 Å². The maximum absolute atomic E-state index is 5.32. The Morgan fingerprint density at radius 3 is 3.14 bits per heavy atom. The molecule has 1 aromatic carbocycles. The molecule has 0 aromatic heterocycles. The Kier molecular flexibility index (Phi) is 3.09. The third-order valence-electron chi connectivity index (χ3n) is 2.00. The summed E-state index contributed by atoms with van der Waals surface area (Å²) in [4.78, 5) is 4.23. The summed E-state index contributed by atoms with van der Waals surface area (Å²) in [6.45, 7) is 3.67. The van der Waals surface area contributed by atoms with Crippen LogP contribution in [0, 0.1) is 6.92 Å². The first kappa shape index (κ1) is 9.59. The molecule has 1 aromatic rings.